The Bertz CT molecular complexity index is 971. The number of ether oxygens (including phenoxy) is 1. The van der Waals surface area contributed by atoms with Crippen LogP contribution in [-0.4, -0.2) is 37.5 Å². The summed E-state index contributed by atoms with van der Waals surface area (Å²) in [5.41, 5.74) is 2.71. The minimum atomic E-state index is -2.90. The molecule has 0 unspecified atom stereocenters. The number of halogens is 2. The number of hydrogen-bond donors (Lipinski definition) is 0. The smallest absolute Gasteiger partial charge is 0.387 e. The standard InChI is InChI=1S/C22H21F2N3O2S/c1-4-13-30-22-25-19(14-15-5-7-16(8-6-15)26(2)3)20(28)27(22)17-9-11-18(12-10-17)29-21(23)24/h4-12,14,21H,1,13H2,2-3H3/b19-14-. The number of carbonyl (C=O) groups is 1. The quantitative estimate of drug-likeness (QED) is 0.458. The van der Waals surface area contributed by atoms with Crippen LogP contribution in [0.1, 0.15) is 5.56 Å². The number of benzene rings is 2. The van der Waals surface area contributed by atoms with Gasteiger partial charge in [-0.2, -0.15) is 8.78 Å². The summed E-state index contributed by atoms with van der Waals surface area (Å²) >= 11 is 1.36. The van der Waals surface area contributed by atoms with Crippen LogP contribution in [0.3, 0.4) is 0 Å². The lowest BCUT2D eigenvalue weighted by Gasteiger charge is -2.18. The predicted octanol–water partition coefficient (Wildman–Crippen LogP) is 5.02. The van der Waals surface area contributed by atoms with E-state index in [0.29, 0.717) is 22.3 Å². The van der Waals surface area contributed by atoms with Crippen LogP contribution in [0.25, 0.3) is 6.08 Å². The number of thioether (sulfide) groups is 1. The Morgan fingerprint density at radius 2 is 1.83 bits per heavy atom. The third kappa shape index (κ3) is 5.07. The lowest BCUT2D eigenvalue weighted by atomic mass is 10.1. The van der Waals surface area contributed by atoms with Crippen LogP contribution in [0.5, 0.6) is 5.75 Å². The minimum Gasteiger partial charge on any atom is -0.435 e. The first-order valence-corrected chi connectivity index (χ1v) is 10.1. The van der Waals surface area contributed by atoms with Gasteiger partial charge in [-0.1, -0.05) is 30.0 Å². The Hall–Kier alpha value is -3.13. The number of amidine groups is 1. The van der Waals surface area contributed by atoms with Crippen LogP contribution in [0.15, 0.2) is 71.9 Å². The van der Waals surface area contributed by atoms with E-state index in [1.165, 1.54) is 28.8 Å². The summed E-state index contributed by atoms with van der Waals surface area (Å²) < 4.78 is 29.1. The van der Waals surface area contributed by atoms with Gasteiger partial charge in [-0.05, 0) is 48.0 Å². The van der Waals surface area contributed by atoms with Gasteiger partial charge in [0.05, 0.1) is 5.69 Å². The number of amides is 1. The topological polar surface area (TPSA) is 45.1 Å². The number of rotatable bonds is 7. The van der Waals surface area contributed by atoms with Crippen LogP contribution in [0, 0.1) is 0 Å². The second-order valence-electron chi connectivity index (χ2n) is 6.52. The van der Waals surface area contributed by atoms with E-state index in [-0.39, 0.29) is 11.7 Å². The molecule has 2 aromatic rings. The Morgan fingerprint density at radius 3 is 2.40 bits per heavy atom. The molecule has 1 amide bonds. The molecule has 0 radical (unpaired) electrons. The third-order valence-electron chi connectivity index (χ3n) is 4.19. The van der Waals surface area contributed by atoms with E-state index in [1.807, 2.05) is 43.3 Å². The largest absolute Gasteiger partial charge is 0.435 e. The number of hydrogen-bond acceptors (Lipinski definition) is 5. The lowest BCUT2D eigenvalue weighted by Crippen LogP contribution is -2.30. The highest BCUT2D eigenvalue weighted by Gasteiger charge is 2.31. The summed E-state index contributed by atoms with van der Waals surface area (Å²) in [5.74, 6) is 0.301. The summed E-state index contributed by atoms with van der Waals surface area (Å²) in [6, 6.07) is 13.6. The Kier molecular flexibility index (Phi) is 6.89. The fraction of sp³-hybridized carbons (Fsp3) is 0.182. The van der Waals surface area contributed by atoms with Crippen LogP contribution >= 0.6 is 11.8 Å². The predicted molar refractivity (Wildman–Crippen MR) is 119 cm³/mol. The minimum absolute atomic E-state index is 0.0226. The average molecular weight is 429 g/mol. The van der Waals surface area contributed by atoms with Gasteiger partial charge in [0.1, 0.15) is 11.4 Å². The van der Waals surface area contributed by atoms with Crippen molar-refractivity contribution in [3.8, 4) is 5.75 Å². The van der Waals surface area contributed by atoms with Gasteiger partial charge in [-0.15, -0.1) is 6.58 Å². The number of aliphatic imine (C=N–C) groups is 1. The van der Waals surface area contributed by atoms with Gasteiger partial charge in [0.15, 0.2) is 5.17 Å². The van der Waals surface area contributed by atoms with Crippen molar-refractivity contribution < 1.29 is 18.3 Å². The van der Waals surface area contributed by atoms with Gasteiger partial charge in [0.2, 0.25) is 0 Å². The molecule has 1 heterocycles. The van der Waals surface area contributed by atoms with Gasteiger partial charge in [0.25, 0.3) is 5.91 Å². The molecule has 5 nitrogen and oxygen atoms in total. The number of nitrogens with zero attached hydrogens (tertiary/aromatic N) is 3. The normalized spacial score (nSPS) is 15.0. The molecule has 0 spiro atoms. The second kappa shape index (κ2) is 9.58. The molecule has 8 heteroatoms. The maximum absolute atomic E-state index is 13.1. The van der Waals surface area contributed by atoms with E-state index in [0.717, 1.165) is 11.3 Å². The lowest BCUT2D eigenvalue weighted by molar-refractivity contribution is -0.113. The van der Waals surface area contributed by atoms with Gasteiger partial charge in [-0.25, -0.2) is 4.99 Å². The molecule has 0 bridgehead atoms. The molecule has 156 valence electrons. The maximum Gasteiger partial charge on any atom is 0.387 e. The van der Waals surface area contributed by atoms with Crippen LogP contribution in [0.2, 0.25) is 0 Å². The van der Waals surface area contributed by atoms with E-state index in [9.17, 15) is 13.6 Å². The first-order valence-electron chi connectivity index (χ1n) is 9.10. The molecule has 0 saturated carbocycles. The average Bonchev–Trinajstić information content (AvgIpc) is 3.02. The summed E-state index contributed by atoms with van der Waals surface area (Å²) in [5, 5.41) is 0.499. The van der Waals surface area contributed by atoms with E-state index < -0.39 is 6.61 Å². The molecule has 0 N–H and O–H groups in total. The van der Waals surface area contributed by atoms with Crippen molar-refractivity contribution in [1.82, 2.24) is 0 Å². The van der Waals surface area contributed by atoms with Crippen molar-refractivity contribution in [3.63, 3.8) is 0 Å². The molecule has 1 aliphatic rings. The van der Waals surface area contributed by atoms with Crippen molar-refractivity contribution >= 4 is 40.3 Å². The number of anilines is 2. The fourth-order valence-electron chi connectivity index (χ4n) is 2.76. The van der Waals surface area contributed by atoms with Gasteiger partial charge >= 0.3 is 6.61 Å². The highest BCUT2D eigenvalue weighted by molar-refractivity contribution is 8.14. The molecule has 0 aliphatic carbocycles. The molecular weight excluding hydrogens is 408 g/mol. The molecule has 3 rings (SSSR count). The zero-order valence-electron chi connectivity index (χ0n) is 16.6. The molecule has 2 aromatic carbocycles. The van der Waals surface area contributed by atoms with Gasteiger partial charge < -0.3 is 9.64 Å². The second-order valence-corrected chi connectivity index (χ2v) is 7.51. The number of alkyl halides is 2. The van der Waals surface area contributed by atoms with Crippen LogP contribution in [-0.2, 0) is 4.79 Å². The summed E-state index contributed by atoms with van der Waals surface area (Å²) in [6.07, 6.45) is 3.45. The SMILES string of the molecule is C=CCSC1=N/C(=C\c2ccc(N(C)C)cc2)C(=O)N1c1ccc(OC(F)F)cc1. The summed E-state index contributed by atoms with van der Waals surface area (Å²) in [6.45, 7) is 0.797. The highest BCUT2D eigenvalue weighted by Crippen LogP contribution is 2.31. The molecular formula is C22H21F2N3O2S. The zero-order chi connectivity index (χ0) is 21.7. The molecule has 0 saturated heterocycles. The molecule has 0 atom stereocenters. The first-order chi connectivity index (χ1) is 14.4. The first kappa shape index (κ1) is 21.6. The van der Waals surface area contributed by atoms with Gasteiger partial charge in [0, 0.05) is 25.5 Å². The maximum atomic E-state index is 13.1. The molecule has 0 fully saturated rings. The van der Waals surface area contributed by atoms with Crippen molar-refractivity contribution in [2.45, 2.75) is 6.61 Å². The molecule has 0 aromatic heterocycles. The third-order valence-corrected chi connectivity index (χ3v) is 5.13. The Balaban J connectivity index is 1.89. The van der Waals surface area contributed by atoms with E-state index in [4.69, 9.17) is 0 Å². The van der Waals surface area contributed by atoms with Crippen molar-refractivity contribution in [2.24, 2.45) is 4.99 Å². The molecule has 1 aliphatic heterocycles. The fourth-order valence-corrected chi connectivity index (χ4v) is 3.50. The van der Waals surface area contributed by atoms with Crippen molar-refractivity contribution in [3.05, 3.63) is 72.4 Å². The zero-order valence-corrected chi connectivity index (χ0v) is 17.4. The van der Waals surface area contributed by atoms with E-state index >= 15 is 0 Å². The van der Waals surface area contributed by atoms with E-state index in [2.05, 4.69) is 16.3 Å². The van der Waals surface area contributed by atoms with Crippen molar-refractivity contribution in [1.29, 1.82) is 0 Å². The van der Waals surface area contributed by atoms with Crippen LogP contribution < -0.4 is 14.5 Å². The van der Waals surface area contributed by atoms with Crippen molar-refractivity contribution in [2.75, 3.05) is 29.6 Å². The molecule has 30 heavy (non-hydrogen) atoms. The Morgan fingerprint density at radius 1 is 1.17 bits per heavy atom. The summed E-state index contributed by atoms with van der Waals surface area (Å²) in [4.78, 5) is 21.0. The highest BCUT2D eigenvalue weighted by atomic mass is 32.2. The van der Waals surface area contributed by atoms with E-state index in [1.54, 1.807) is 24.3 Å². The van der Waals surface area contributed by atoms with Gasteiger partial charge in [-0.3, -0.25) is 9.69 Å². The number of carbonyl (C=O) groups excluding carboxylic acids is 1. The van der Waals surface area contributed by atoms with Crippen LogP contribution in [0.4, 0.5) is 20.2 Å². The Labute approximate surface area is 178 Å². The summed E-state index contributed by atoms with van der Waals surface area (Å²) in [7, 11) is 3.91. The monoisotopic (exact) mass is 429 g/mol.